The van der Waals surface area contributed by atoms with Crippen molar-refractivity contribution in [3.8, 4) is 11.1 Å². The van der Waals surface area contributed by atoms with Gasteiger partial charge in [-0.1, -0.05) is 37.6 Å². The van der Waals surface area contributed by atoms with Crippen molar-refractivity contribution >= 4 is 38.3 Å². The van der Waals surface area contributed by atoms with Crippen LogP contribution in [0.15, 0.2) is 60.7 Å². The molecule has 0 aliphatic heterocycles. The normalized spacial score (nSPS) is 11.4. The van der Waals surface area contributed by atoms with E-state index in [0.29, 0.717) is 6.42 Å². The fourth-order valence-electron chi connectivity index (χ4n) is 3.44. The number of hydrogen-bond donors (Lipinski definition) is 1. The molecule has 25 heavy (non-hydrogen) atoms. The second kappa shape index (κ2) is 6.21. The maximum absolute atomic E-state index is 9.76. The van der Waals surface area contributed by atoms with Gasteiger partial charge in [0.15, 0.2) is 0 Å². The Kier molecular flexibility index (Phi) is 3.89. The van der Waals surface area contributed by atoms with Crippen LogP contribution in [-0.4, -0.2) is 11.1 Å². The molecule has 0 saturated heterocycles. The summed E-state index contributed by atoms with van der Waals surface area (Å²) in [7, 11) is 0. The number of rotatable bonds is 3. The summed E-state index contributed by atoms with van der Waals surface area (Å²) in [4.78, 5) is 9.76. The van der Waals surface area contributed by atoms with E-state index in [0.717, 1.165) is 12.8 Å². The molecule has 1 aliphatic carbocycles. The molecule has 0 fully saturated rings. The van der Waals surface area contributed by atoms with E-state index in [2.05, 4.69) is 60.7 Å². The molecule has 124 valence electrons. The zero-order chi connectivity index (χ0) is 17.4. The highest BCUT2D eigenvalue weighted by atomic mass is 16.4. The first kappa shape index (κ1) is 15.6. The van der Waals surface area contributed by atoms with Crippen LogP contribution in [-0.2, 0) is 4.79 Å². The fourth-order valence-corrected chi connectivity index (χ4v) is 3.44. The van der Waals surface area contributed by atoms with E-state index in [9.17, 15) is 4.79 Å². The first-order valence-electron chi connectivity index (χ1n) is 8.77. The quantitative estimate of drug-likeness (QED) is 0.390. The largest absolute Gasteiger partial charge is 0.481 e. The molecule has 1 N–H and O–H groups in total. The molecule has 1 aliphatic rings. The third kappa shape index (κ3) is 2.96. The number of fused-ring (bicyclic) bond motifs is 3. The Morgan fingerprint density at radius 1 is 0.720 bits per heavy atom. The second-order valence-corrected chi connectivity index (χ2v) is 6.67. The number of unbranched alkanes of at least 4 members (excludes halogenated alkanes) is 1. The zero-order valence-electron chi connectivity index (χ0n) is 14.3. The molecule has 2 nitrogen and oxygen atoms in total. The number of carbonyl (C=O) groups is 1. The Labute approximate surface area is 146 Å². The SMILES string of the molecule is CCCCC(=O)O.c1cc2cc3cc4ccc5cc4cc3cc2cc1-5. The molecule has 0 saturated carbocycles. The number of hydrogen-bond acceptors (Lipinski definition) is 1. The maximum Gasteiger partial charge on any atom is 0.303 e. The summed E-state index contributed by atoms with van der Waals surface area (Å²) in [6, 6.07) is 22.7. The zero-order valence-corrected chi connectivity index (χ0v) is 14.3. The average molecular weight is 328 g/mol. The van der Waals surface area contributed by atoms with Crippen molar-refractivity contribution in [2.45, 2.75) is 26.2 Å². The summed E-state index contributed by atoms with van der Waals surface area (Å²) in [5, 5.41) is 16.0. The summed E-state index contributed by atoms with van der Waals surface area (Å²) < 4.78 is 0. The van der Waals surface area contributed by atoms with E-state index in [1.807, 2.05) is 6.92 Å². The number of benzene rings is 4. The monoisotopic (exact) mass is 328 g/mol. The summed E-state index contributed by atoms with van der Waals surface area (Å²) >= 11 is 0. The van der Waals surface area contributed by atoms with E-state index in [4.69, 9.17) is 5.11 Å². The van der Waals surface area contributed by atoms with E-state index in [1.54, 1.807) is 0 Å². The lowest BCUT2D eigenvalue weighted by atomic mass is 10.0. The standard InChI is InChI=1S/C18H10.C5H10O2/c1-3-13-7-17-8-14-4-2-12-6-16(14)10-18(17)9-15(13)5-11(1)12;1-2-3-4-5(6)7/h1-10H;2-4H2,1H3,(H,6,7). The molecule has 0 aromatic heterocycles. The van der Waals surface area contributed by atoms with Crippen LogP contribution in [0, 0.1) is 0 Å². The minimum Gasteiger partial charge on any atom is -0.481 e. The average Bonchev–Trinajstić information content (AvgIpc) is 2.69. The van der Waals surface area contributed by atoms with E-state index in [-0.39, 0.29) is 0 Å². The van der Waals surface area contributed by atoms with Gasteiger partial charge in [-0.15, -0.1) is 0 Å². The van der Waals surface area contributed by atoms with Crippen molar-refractivity contribution in [2.24, 2.45) is 0 Å². The molecule has 0 unspecified atom stereocenters. The van der Waals surface area contributed by atoms with Gasteiger partial charge in [0, 0.05) is 6.42 Å². The number of aliphatic carboxylic acids is 1. The number of carboxylic acid groups (broad SMARTS) is 1. The van der Waals surface area contributed by atoms with Crippen molar-refractivity contribution in [2.75, 3.05) is 0 Å². The van der Waals surface area contributed by atoms with Gasteiger partial charge in [-0.2, -0.15) is 0 Å². The Bertz CT molecular complexity index is 1030. The predicted molar refractivity (Wildman–Crippen MR) is 105 cm³/mol. The van der Waals surface area contributed by atoms with Gasteiger partial charge >= 0.3 is 5.97 Å². The van der Waals surface area contributed by atoms with Crippen molar-refractivity contribution in [3.63, 3.8) is 0 Å². The highest BCUT2D eigenvalue weighted by Crippen LogP contribution is 2.34. The van der Waals surface area contributed by atoms with Gasteiger partial charge in [0.25, 0.3) is 0 Å². The summed E-state index contributed by atoms with van der Waals surface area (Å²) in [5.74, 6) is -0.693. The van der Waals surface area contributed by atoms with Gasteiger partial charge < -0.3 is 5.11 Å². The van der Waals surface area contributed by atoms with Crippen molar-refractivity contribution in [1.82, 2.24) is 0 Å². The minimum atomic E-state index is -0.693. The predicted octanol–water partition coefficient (Wildman–Crippen LogP) is 6.39. The van der Waals surface area contributed by atoms with Crippen LogP contribution in [0.3, 0.4) is 0 Å². The van der Waals surface area contributed by atoms with E-state index < -0.39 is 5.97 Å². The van der Waals surface area contributed by atoms with E-state index >= 15 is 0 Å². The van der Waals surface area contributed by atoms with Gasteiger partial charge in [-0.3, -0.25) is 4.79 Å². The Morgan fingerprint density at radius 3 is 1.56 bits per heavy atom. The smallest absolute Gasteiger partial charge is 0.303 e. The fraction of sp³-hybridized carbons (Fsp3) is 0.174. The summed E-state index contributed by atoms with van der Waals surface area (Å²) in [6.07, 6.45) is 2.08. The maximum atomic E-state index is 9.76. The summed E-state index contributed by atoms with van der Waals surface area (Å²) in [5.41, 5.74) is 2.62. The molecule has 2 heteroatoms. The van der Waals surface area contributed by atoms with Crippen LogP contribution < -0.4 is 0 Å². The van der Waals surface area contributed by atoms with Gasteiger partial charge in [0.2, 0.25) is 0 Å². The highest BCUT2D eigenvalue weighted by molar-refractivity contribution is 6.07. The van der Waals surface area contributed by atoms with Gasteiger partial charge in [0.1, 0.15) is 0 Å². The lowest BCUT2D eigenvalue weighted by molar-refractivity contribution is -0.137. The lowest BCUT2D eigenvalue weighted by Crippen LogP contribution is -1.91. The van der Waals surface area contributed by atoms with Crippen LogP contribution in [0.5, 0.6) is 0 Å². The molecule has 4 aromatic carbocycles. The molecule has 0 atom stereocenters. The second-order valence-electron chi connectivity index (χ2n) is 6.67. The molecule has 0 amide bonds. The van der Waals surface area contributed by atoms with Crippen LogP contribution in [0.1, 0.15) is 26.2 Å². The van der Waals surface area contributed by atoms with Crippen LogP contribution >= 0.6 is 0 Å². The molecule has 5 bridgehead atoms. The van der Waals surface area contributed by atoms with E-state index in [1.165, 1.54) is 43.4 Å². The van der Waals surface area contributed by atoms with Crippen LogP contribution in [0.4, 0.5) is 0 Å². The topological polar surface area (TPSA) is 37.3 Å². The third-order valence-corrected chi connectivity index (χ3v) is 4.83. The molecular formula is C23H20O2. The molecule has 4 aromatic rings. The molecule has 0 radical (unpaired) electrons. The molecule has 5 rings (SSSR count). The Hall–Kier alpha value is -2.87. The number of carboxylic acids is 1. The van der Waals surface area contributed by atoms with Crippen LogP contribution in [0.2, 0.25) is 0 Å². The molecular weight excluding hydrogens is 308 g/mol. The van der Waals surface area contributed by atoms with Crippen molar-refractivity contribution in [1.29, 1.82) is 0 Å². The molecule has 0 spiro atoms. The van der Waals surface area contributed by atoms with Crippen molar-refractivity contribution in [3.05, 3.63) is 60.7 Å². The van der Waals surface area contributed by atoms with Gasteiger partial charge in [-0.25, -0.2) is 0 Å². The third-order valence-electron chi connectivity index (χ3n) is 4.83. The minimum absolute atomic E-state index is 0.316. The Morgan fingerprint density at radius 2 is 1.16 bits per heavy atom. The van der Waals surface area contributed by atoms with Gasteiger partial charge in [0.05, 0.1) is 0 Å². The first-order valence-corrected chi connectivity index (χ1v) is 8.77. The molecule has 0 heterocycles. The lowest BCUT2D eigenvalue weighted by Gasteiger charge is -2.03. The van der Waals surface area contributed by atoms with Crippen LogP contribution in [0.25, 0.3) is 43.4 Å². The summed E-state index contributed by atoms with van der Waals surface area (Å²) in [6.45, 7) is 1.98. The first-order chi connectivity index (χ1) is 12.1. The highest BCUT2D eigenvalue weighted by Gasteiger charge is 2.07. The Balaban J connectivity index is 0.000000195. The van der Waals surface area contributed by atoms with Crippen molar-refractivity contribution < 1.29 is 9.90 Å². The van der Waals surface area contributed by atoms with Gasteiger partial charge in [-0.05, 0) is 86.3 Å².